The van der Waals surface area contributed by atoms with E-state index in [4.69, 9.17) is 9.47 Å². The molecule has 0 bridgehead atoms. The molecule has 4 rings (SSSR count). The Morgan fingerprint density at radius 3 is 2.41 bits per heavy atom. The zero-order valence-electron chi connectivity index (χ0n) is 15.5. The first-order valence-electron chi connectivity index (χ1n) is 8.58. The summed E-state index contributed by atoms with van der Waals surface area (Å²) in [4.78, 5) is 25.3. The molecule has 4 aromatic rings. The molecule has 2 heterocycles. The van der Waals surface area contributed by atoms with Gasteiger partial charge in [0.05, 0.1) is 19.9 Å². The average Bonchev–Trinajstić information content (AvgIpc) is 3.38. The fourth-order valence-electron chi connectivity index (χ4n) is 3.19. The van der Waals surface area contributed by atoms with Crippen LogP contribution in [-0.4, -0.2) is 35.9 Å². The number of methoxy groups -OCH3 is 2. The third-order valence-corrected chi connectivity index (χ3v) is 5.36. The molecule has 2 aromatic carbocycles. The summed E-state index contributed by atoms with van der Waals surface area (Å²) in [6.07, 6.45) is 0. The monoisotopic (exact) mass is 410 g/mol. The number of rotatable bonds is 4. The standard InChI is InChI=1S/C21H15FN2O4S/c1-27-20(25)17-18(16-13-10-11-29-15(13)9-8-14(16)22)23-24(19(17)21(26)28-2)12-6-4-3-5-7-12/h3-11H,1-2H3. The van der Waals surface area contributed by atoms with Gasteiger partial charge in [-0.3, -0.25) is 0 Å². The maximum atomic E-state index is 14.9. The normalized spacial score (nSPS) is 10.9. The fourth-order valence-corrected chi connectivity index (χ4v) is 3.98. The molecule has 0 aliphatic carbocycles. The number of esters is 2. The summed E-state index contributed by atoms with van der Waals surface area (Å²) in [6.45, 7) is 0. The summed E-state index contributed by atoms with van der Waals surface area (Å²) in [6, 6.07) is 13.5. The van der Waals surface area contributed by atoms with Gasteiger partial charge in [0.25, 0.3) is 0 Å². The van der Waals surface area contributed by atoms with Gasteiger partial charge in [-0.1, -0.05) is 18.2 Å². The van der Waals surface area contributed by atoms with Crippen molar-refractivity contribution in [3.05, 3.63) is 71.0 Å². The van der Waals surface area contributed by atoms with Crippen molar-refractivity contribution >= 4 is 33.4 Å². The van der Waals surface area contributed by atoms with Crippen LogP contribution in [0.2, 0.25) is 0 Å². The highest BCUT2D eigenvalue weighted by atomic mass is 32.1. The summed E-state index contributed by atoms with van der Waals surface area (Å²) in [5.41, 5.74) is 0.377. The minimum atomic E-state index is -0.811. The van der Waals surface area contributed by atoms with Crippen molar-refractivity contribution in [3.63, 3.8) is 0 Å². The van der Waals surface area contributed by atoms with Crippen LogP contribution in [-0.2, 0) is 9.47 Å². The third kappa shape index (κ3) is 3.07. The van der Waals surface area contributed by atoms with Crippen molar-refractivity contribution in [3.8, 4) is 16.9 Å². The van der Waals surface area contributed by atoms with Crippen molar-refractivity contribution in [2.45, 2.75) is 0 Å². The number of hydrogen-bond acceptors (Lipinski definition) is 6. The Morgan fingerprint density at radius 2 is 1.72 bits per heavy atom. The smallest absolute Gasteiger partial charge is 0.357 e. The molecule has 29 heavy (non-hydrogen) atoms. The van der Waals surface area contributed by atoms with E-state index in [2.05, 4.69) is 5.10 Å². The molecule has 0 saturated heterocycles. The second-order valence-electron chi connectivity index (χ2n) is 6.06. The number of aromatic nitrogens is 2. The first-order chi connectivity index (χ1) is 14.1. The number of carbonyl (C=O) groups is 2. The molecule has 0 amide bonds. The van der Waals surface area contributed by atoms with Crippen molar-refractivity contribution in [2.24, 2.45) is 0 Å². The molecular weight excluding hydrogens is 395 g/mol. The van der Waals surface area contributed by atoms with Crippen LogP contribution < -0.4 is 0 Å². The van der Waals surface area contributed by atoms with Crippen molar-refractivity contribution in [2.75, 3.05) is 14.2 Å². The molecule has 6 nitrogen and oxygen atoms in total. The van der Waals surface area contributed by atoms with Gasteiger partial charge in [-0.05, 0) is 35.7 Å². The van der Waals surface area contributed by atoms with Crippen LogP contribution in [0.3, 0.4) is 0 Å². The summed E-state index contributed by atoms with van der Waals surface area (Å²) in [5.74, 6) is -2.16. The molecule has 0 atom stereocenters. The van der Waals surface area contributed by atoms with Crippen LogP contribution in [0.1, 0.15) is 20.8 Å². The Balaban J connectivity index is 2.13. The highest BCUT2D eigenvalue weighted by molar-refractivity contribution is 7.17. The highest BCUT2D eigenvalue weighted by Crippen LogP contribution is 2.37. The maximum absolute atomic E-state index is 14.9. The summed E-state index contributed by atoms with van der Waals surface area (Å²) in [7, 11) is 2.39. The first kappa shape index (κ1) is 18.8. The Kier molecular flexibility index (Phi) is 4.85. The van der Waals surface area contributed by atoms with Gasteiger partial charge in [-0.25, -0.2) is 18.7 Å². The van der Waals surface area contributed by atoms with Gasteiger partial charge in [-0.2, -0.15) is 5.10 Å². The molecule has 0 radical (unpaired) electrons. The fraction of sp³-hybridized carbons (Fsp3) is 0.0952. The van der Waals surface area contributed by atoms with E-state index in [0.29, 0.717) is 11.1 Å². The molecular formula is C21H15FN2O4S. The SMILES string of the molecule is COC(=O)c1c(-c2c(F)ccc3sccc23)nn(-c2ccccc2)c1C(=O)OC. The lowest BCUT2D eigenvalue weighted by Gasteiger charge is -2.07. The van der Waals surface area contributed by atoms with Crippen molar-refractivity contribution < 1.29 is 23.5 Å². The van der Waals surface area contributed by atoms with E-state index >= 15 is 0 Å². The molecule has 0 unspecified atom stereocenters. The summed E-state index contributed by atoms with van der Waals surface area (Å²) in [5, 5.41) is 6.87. The zero-order chi connectivity index (χ0) is 20.5. The predicted molar refractivity (Wildman–Crippen MR) is 107 cm³/mol. The molecule has 2 aromatic heterocycles. The topological polar surface area (TPSA) is 70.4 Å². The van der Waals surface area contributed by atoms with Gasteiger partial charge in [-0.15, -0.1) is 11.3 Å². The minimum Gasteiger partial charge on any atom is -0.465 e. The lowest BCUT2D eigenvalue weighted by Crippen LogP contribution is -2.15. The van der Waals surface area contributed by atoms with Gasteiger partial charge in [0.1, 0.15) is 17.1 Å². The van der Waals surface area contributed by atoms with Crippen LogP contribution in [0.15, 0.2) is 53.9 Å². The van der Waals surface area contributed by atoms with Gasteiger partial charge < -0.3 is 9.47 Å². The Hall–Kier alpha value is -3.52. The number of hydrogen-bond donors (Lipinski definition) is 0. The van der Waals surface area contributed by atoms with Gasteiger partial charge in [0.15, 0.2) is 5.69 Å². The average molecular weight is 410 g/mol. The summed E-state index contributed by atoms with van der Waals surface area (Å²) < 4.78 is 26.8. The number of benzene rings is 2. The van der Waals surface area contributed by atoms with E-state index in [1.807, 2.05) is 5.38 Å². The molecule has 0 spiro atoms. The predicted octanol–water partition coefficient (Wildman–Crippen LogP) is 4.47. The van der Waals surface area contributed by atoms with Crippen LogP contribution in [0.5, 0.6) is 0 Å². The number of halogens is 1. The second kappa shape index (κ2) is 7.48. The van der Waals surface area contributed by atoms with Gasteiger partial charge in [0.2, 0.25) is 0 Å². The highest BCUT2D eigenvalue weighted by Gasteiger charge is 2.33. The zero-order valence-corrected chi connectivity index (χ0v) is 16.3. The summed E-state index contributed by atoms with van der Waals surface area (Å²) >= 11 is 1.43. The number of ether oxygens (including phenoxy) is 2. The number of fused-ring (bicyclic) bond motifs is 1. The van der Waals surface area contributed by atoms with Crippen molar-refractivity contribution in [1.82, 2.24) is 9.78 Å². The van der Waals surface area contributed by atoms with E-state index in [0.717, 1.165) is 4.70 Å². The van der Waals surface area contributed by atoms with Crippen LogP contribution in [0.25, 0.3) is 27.0 Å². The molecule has 8 heteroatoms. The minimum absolute atomic E-state index is 0.0163. The molecule has 0 saturated carbocycles. The quantitative estimate of drug-likeness (QED) is 0.465. The van der Waals surface area contributed by atoms with E-state index in [1.54, 1.807) is 42.5 Å². The first-order valence-corrected chi connectivity index (χ1v) is 9.46. The van der Waals surface area contributed by atoms with Gasteiger partial charge >= 0.3 is 11.9 Å². The maximum Gasteiger partial charge on any atom is 0.357 e. The lowest BCUT2D eigenvalue weighted by molar-refractivity contribution is 0.0549. The number of thiophene rings is 1. The molecule has 0 aliphatic rings. The molecule has 146 valence electrons. The number of carbonyl (C=O) groups excluding carboxylic acids is 2. The largest absolute Gasteiger partial charge is 0.465 e. The third-order valence-electron chi connectivity index (χ3n) is 4.48. The van der Waals surface area contributed by atoms with E-state index in [9.17, 15) is 14.0 Å². The van der Waals surface area contributed by atoms with Gasteiger partial charge in [0, 0.05) is 15.6 Å². The molecule has 0 fully saturated rings. The van der Waals surface area contributed by atoms with E-state index < -0.39 is 17.8 Å². The Labute approximate surface area is 169 Å². The molecule has 0 aliphatic heterocycles. The number of nitrogens with zero attached hydrogens (tertiary/aromatic N) is 2. The molecule has 0 N–H and O–H groups in total. The number of para-hydroxylation sites is 1. The Bertz CT molecular complexity index is 1230. The van der Waals surface area contributed by atoms with Crippen LogP contribution in [0.4, 0.5) is 4.39 Å². The van der Waals surface area contributed by atoms with E-state index in [-0.39, 0.29) is 22.5 Å². The van der Waals surface area contributed by atoms with Crippen molar-refractivity contribution in [1.29, 1.82) is 0 Å². The van der Waals surface area contributed by atoms with E-state index in [1.165, 1.54) is 36.3 Å². The second-order valence-corrected chi connectivity index (χ2v) is 7.01. The Morgan fingerprint density at radius 1 is 1.00 bits per heavy atom. The van der Waals surface area contributed by atoms with Crippen LogP contribution in [0, 0.1) is 5.82 Å². The lowest BCUT2D eigenvalue weighted by atomic mass is 10.0. The van der Waals surface area contributed by atoms with Crippen LogP contribution >= 0.6 is 11.3 Å².